The number of piperidine rings is 1. The first-order chi connectivity index (χ1) is 14.4. The van der Waals surface area contributed by atoms with Crippen LogP contribution in [0.15, 0.2) is 41.2 Å². The van der Waals surface area contributed by atoms with Crippen molar-refractivity contribution in [2.75, 3.05) is 19.6 Å². The van der Waals surface area contributed by atoms with E-state index in [1.165, 1.54) is 24.2 Å². The Kier molecular flexibility index (Phi) is 5.52. The Morgan fingerprint density at radius 3 is 2.33 bits per heavy atom. The van der Waals surface area contributed by atoms with Crippen LogP contribution >= 0.6 is 0 Å². The highest BCUT2D eigenvalue weighted by molar-refractivity contribution is 5.98. The number of carbonyl (C=O) groups is 1. The molecule has 0 amide bonds. The summed E-state index contributed by atoms with van der Waals surface area (Å²) in [6, 6.07) is 11.6. The number of carbonyl (C=O) groups excluding carboxylic acids is 1. The van der Waals surface area contributed by atoms with Gasteiger partial charge in [0.05, 0.1) is 24.5 Å². The number of rotatable bonds is 5. The third kappa shape index (κ3) is 3.45. The van der Waals surface area contributed by atoms with Crippen LogP contribution in [0.3, 0.4) is 0 Å². The minimum absolute atomic E-state index is 0.0799. The van der Waals surface area contributed by atoms with Crippen molar-refractivity contribution in [1.82, 2.24) is 13.9 Å². The van der Waals surface area contributed by atoms with E-state index in [9.17, 15) is 9.59 Å². The van der Waals surface area contributed by atoms with E-state index in [2.05, 4.69) is 0 Å². The maximum atomic E-state index is 13.4. The van der Waals surface area contributed by atoms with Gasteiger partial charge in [-0.25, -0.2) is 4.68 Å². The first-order valence-corrected chi connectivity index (χ1v) is 10.8. The molecule has 1 saturated heterocycles. The molecular formula is C24H31N4O2+. The van der Waals surface area contributed by atoms with Crippen molar-refractivity contribution in [2.45, 2.75) is 40.0 Å². The molecule has 1 aliphatic rings. The Morgan fingerprint density at radius 1 is 1.00 bits per heavy atom. The largest absolute Gasteiger partial charge is 0.328 e. The van der Waals surface area contributed by atoms with Crippen molar-refractivity contribution in [2.24, 2.45) is 7.05 Å². The molecule has 2 aromatic heterocycles. The van der Waals surface area contributed by atoms with E-state index in [0.717, 1.165) is 41.4 Å². The predicted octanol–water partition coefficient (Wildman–Crippen LogP) is 2.14. The third-order valence-corrected chi connectivity index (χ3v) is 6.45. The van der Waals surface area contributed by atoms with Crippen LogP contribution in [0.2, 0.25) is 0 Å². The van der Waals surface area contributed by atoms with Gasteiger partial charge in [0.25, 0.3) is 5.56 Å². The van der Waals surface area contributed by atoms with Crippen LogP contribution in [0.1, 0.15) is 46.7 Å². The lowest BCUT2D eigenvalue weighted by Crippen LogP contribution is -3.13. The summed E-state index contributed by atoms with van der Waals surface area (Å²) in [4.78, 5) is 27.9. The molecule has 1 aromatic carbocycles. The maximum Gasteiger partial charge on any atom is 0.295 e. The first-order valence-electron chi connectivity index (χ1n) is 10.8. The van der Waals surface area contributed by atoms with E-state index >= 15 is 0 Å². The number of nitrogens with zero attached hydrogens (tertiary/aromatic N) is 3. The van der Waals surface area contributed by atoms with Gasteiger partial charge in [0.1, 0.15) is 12.2 Å². The number of para-hydroxylation sites is 1. The van der Waals surface area contributed by atoms with E-state index in [1.807, 2.05) is 73.5 Å². The molecule has 4 rings (SSSR count). The Hall–Kier alpha value is -2.86. The molecule has 0 spiro atoms. The molecule has 0 unspecified atom stereocenters. The fraction of sp³-hybridized carbons (Fsp3) is 0.417. The number of ketones is 1. The number of hydrogen-bond donors (Lipinski definition) is 1. The number of nitrogens with one attached hydrogen (secondary N) is 1. The zero-order valence-electron chi connectivity index (χ0n) is 18.4. The van der Waals surface area contributed by atoms with Gasteiger partial charge in [-0.3, -0.25) is 14.3 Å². The summed E-state index contributed by atoms with van der Waals surface area (Å²) in [5.74, 6) is 0.170. The topological polar surface area (TPSA) is 53.4 Å². The highest BCUT2D eigenvalue weighted by Gasteiger charge is 2.25. The average Bonchev–Trinajstić information content (AvgIpc) is 3.15. The number of hydrogen-bond acceptors (Lipinski definition) is 2. The smallest absolute Gasteiger partial charge is 0.295 e. The van der Waals surface area contributed by atoms with Gasteiger partial charge in [0.15, 0.2) is 0 Å². The fourth-order valence-electron chi connectivity index (χ4n) is 4.75. The van der Waals surface area contributed by atoms with Gasteiger partial charge >= 0.3 is 0 Å². The lowest BCUT2D eigenvalue weighted by Gasteiger charge is -2.22. The SMILES string of the molecule is Cc1cc(C(=O)C[NH+]2CCCCC2)c(C)n1-c1c(C)n(C)n(-c2ccccc2)c1=O. The van der Waals surface area contributed by atoms with Crippen LogP contribution in [-0.4, -0.2) is 39.3 Å². The van der Waals surface area contributed by atoms with Crippen molar-refractivity contribution in [3.05, 3.63) is 69.4 Å². The summed E-state index contributed by atoms with van der Waals surface area (Å²) in [5, 5.41) is 0. The number of Topliss-reactive ketones (excluding diaryl/α,β-unsaturated/α-hetero) is 1. The highest BCUT2D eigenvalue weighted by atomic mass is 16.1. The summed E-state index contributed by atoms with van der Waals surface area (Å²) < 4.78 is 5.52. The molecule has 0 atom stereocenters. The van der Waals surface area contributed by atoms with Gasteiger partial charge in [-0.1, -0.05) is 18.2 Å². The fourth-order valence-corrected chi connectivity index (χ4v) is 4.75. The van der Waals surface area contributed by atoms with E-state index in [0.29, 0.717) is 12.2 Å². The summed E-state index contributed by atoms with van der Waals surface area (Å²) in [7, 11) is 1.90. The second kappa shape index (κ2) is 8.11. The van der Waals surface area contributed by atoms with Crippen molar-refractivity contribution < 1.29 is 9.69 Å². The van der Waals surface area contributed by atoms with Gasteiger partial charge in [-0.2, -0.15) is 0 Å². The standard InChI is InChI=1S/C24H30N4O2/c1-17-15-21(22(29)16-26-13-9-6-10-14-26)18(2)27(17)23-19(3)25(4)28(24(23)30)20-11-7-5-8-12-20/h5,7-8,11-12,15H,6,9-10,13-14,16H2,1-4H3/p+1. The quantitative estimate of drug-likeness (QED) is 0.659. The highest BCUT2D eigenvalue weighted by Crippen LogP contribution is 2.22. The van der Waals surface area contributed by atoms with E-state index < -0.39 is 0 Å². The van der Waals surface area contributed by atoms with Crippen LogP contribution in [0.4, 0.5) is 0 Å². The molecule has 1 fully saturated rings. The number of benzene rings is 1. The predicted molar refractivity (Wildman–Crippen MR) is 118 cm³/mol. The second-order valence-corrected chi connectivity index (χ2v) is 8.44. The van der Waals surface area contributed by atoms with Gasteiger partial charge < -0.3 is 9.47 Å². The first kappa shape index (κ1) is 20.4. The second-order valence-electron chi connectivity index (χ2n) is 8.44. The van der Waals surface area contributed by atoms with Crippen LogP contribution in [-0.2, 0) is 7.05 Å². The lowest BCUT2D eigenvalue weighted by atomic mass is 10.1. The third-order valence-electron chi connectivity index (χ3n) is 6.45. The van der Waals surface area contributed by atoms with Gasteiger partial charge in [0.2, 0.25) is 5.78 Å². The van der Waals surface area contributed by atoms with Crippen molar-refractivity contribution in [1.29, 1.82) is 0 Å². The average molecular weight is 408 g/mol. The minimum Gasteiger partial charge on any atom is -0.328 e. The normalized spacial score (nSPS) is 14.9. The summed E-state index contributed by atoms with van der Waals surface area (Å²) in [6.07, 6.45) is 3.67. The molecule has 3 aromatic rings. The van der Waals surface area contributed by atoms with Crippen LogP contribution < -0.4 is 10.5 Å². The summed E-state index contributed by atoms with van der Waals surface area (Å²) >= 11 is 0. The Labute approximate surface area is 177 Å². The van der Waals surface area contributed by atoms with Crippen LogP contribution in [0.5, 0.6) is 0 Å². The van der Waals surface area contributed by atoms with Crippen LogP contribution in [0.25, 0.3) is 11.4 Å². The number of aromatic nitrogens is 3. The van der Waals surface area contributed by atoms with Gasteiger partial charge in [0, 0.05) is 24.0 Å². The van der Waals surface area contributed by atoms with E-state index in [1.54, 1.807) is 4.68 Å². The van der Waals surface area contributed by atoms with E-state index in [-0.39, 0.29) is 11.3 Å². The minimum atomic E-state index is -0.0799. The Bertz CT molecular complexity index is 1130. The van der Waals surface area contributed by atoms with Gasteiger partial charge in [-0.15, -0.1) is 0 Å². The zero-order valence-corrected chi connectivity index (χ0v) is 18.4. The van der Waals surface area contributed by atoms with Crippen LogP contribution in [0, 0.1) is 20.8 Å². The molecule has 1 aliphatic heterocycles. The molecule has 30 heavy (non-hydrogen) atoms. The number of aryl methyl sites for hydroxylation is 1. The lowest BCUT2D eigenvalue weighted by molar-refractivity contribution is -0.896. The molecular weight excluding hydrogens is 376 g/mol. The van der Waals surface area contributed by atoms with E-state index in [4.69, 9.17) is 0 Å². The molecule has 158 valence electrons. The zero-order chi connectivity index (χ0) is 21.4. The molecule has 3 heterocycles. The molecule has 0 radical (unpaired) electrons. The summed E-state index contributed by atoms with van der Waals surface area (Å²) in [5.41, 5.74) is 4.72. The number of quaternary nitrogens is 1. The molecule has 0 bridgehead atoms. The Morgan fingerprint density at radius 2 is 1.67 bits per heavy atom. The molecule has 0 aliphatic carbocycles. The molecule has 0 saturated carbocycles. The molecule has 6 heteroatoms. The van der Waals surface area contributed by atoms with Gasteiger partial charge in [-0.05, 0) is 58.2 Å². The van der Waals surface area contributed by atoms with Crippen molar-refractivity contribution in [3.63, 3.8) is 0 Å². The maximum absolute atomic E-state index is 13.4. The molecule has 6 nitrogen and oxygen atoms in total. The number of likely N-dealkylation sites (tertiary alicyclic amines) is 1. The van der Waals surface area contributed by atoms with Crippen molar-refractivity contribution >= 4 is 5.78 Å². The molecule has 1 N–H and O–H groups in total. The monoisotopic (exact) mass is 407 g/mol. The Balaban J connectivity index is 1.75. The van der Waals surface area contributed by atoms with Crippen molar-refractivity contribution in [3.8, 4) is 11.4 Å². The summed E-state index contributed by atoms with van der Waals surface area (Å²) in [6.45, 7) is 8.55.